The minimum absolute atomic E-state index is 0.0362. The lowest BCUT2D eigenvalue weighted by atomic mass is 9.60. The molecule has 1 aromatic carbocycles. The van der Waals surface area contributed by atoms with Crippen LogP contribution in [-0.2, 0) is 11.2 Å². The Labute approximate surface area is 131 Å². The molecule has 3 nitrogen and oxygen atoms in total. The molecule has 3 aliphatic carbocycles. The smallest absolute Gasteiger partial charge is 0.165 e. The number of benzene rings is 1. The lowest BCUT2D eigenvalue weighted by molar-refractivity contribution is -0.153. The van der Waals surface area contributed by atoms with E-state index in [9.17, 15) is 15.0 Å². The zero-order chi connectivity index (χ0) is 15.5. The highest BCUT2D eigenvalue weighted by molar-refractivity contribution is 5.89. The average Bonchev–Trinajstić information content (AvgIpc) is 3.32. The highest BCUT2D eigenvalue weighted by atomic mass is 16.3. The van der Waals surface area contributed by atoms with Gasteiger partial charge >= 0.3 is 0 Å². The summed E-state index contributed by atoms with van der Waals surface area (Å²) in [6.45, 7) is 2.06. The molecule has 0 saturated heterocycles. The number of aryl methyl sites for hydroxylation is 1. The third-order valence-electron chi connectivity index (χ3n) is 6.42. The third-order valence-corrected chi connectivity index (χ3v) is 6.42. The van der Waals surface area contributed by atoms with Crippen LogP contribution in [0.3, 0.4) is 0 Å². The number of fused-ring (bicyclic) bond motifs is 3. The van der Waals surface area contributed by atoms with E-state index in [0.29, 0.717) is 30.4 Å². The van der Waals surface area contributed by atoms with Gasteiger partial charge in [-0.3, -0.25) is 4.79 Å². The van der Waals surface area contributed by atoms with Crippen LogP contribution in [-0.4, -0.2) is 21.6 Å². The van der Waals surface area contributed by atoms with Gasteiger partial charge in [0.1, 0.15) is 11.4 Å². The van der Waals surface area contributed by atoms with Crippen LogP contribution in [0.1, 0.15) is 56.1 Å². The van der Waals surface area contributed by atoms with Crippen molar-refractivity contribution in [3.63, 3.8) is 0 Å². The summed E-state index contributed by atoms with van der Waals surface area (Å²) in [4.78, 5) is 12.7. The van der Waals surface area contributed by atoms with Crippen LogP contribution in [0.4, 0.5) is 0 Å². The van der Waals surface area contributed by atoms with Crippen LogP contribution in [0.2, 0.25) is 0 Å². The fourth-order valence-corrected chi connectivity index (χ4v) is 4.80. The number of phenolic OH excluding ortho intramolecular Hbond substituents is 1. The molecule has 0 radical (unpaired) electrons. The van der Waals surface area contributed by atoms with Crippen LogP contribution in [0.25, 0.3) is 0 Å². The molecule has 0 aromatic heterocycles. The molecule has 0 amide bonds. The molecule has 2 N–H and O–H groups in total. The molecular weight excluding hydrogens is 276 g/mol. The lowest BCUT2D eigenvalue weighted by Gasteiger charge is -2.46. The molecule has 4 rings (SSSR count). The number of carbonyl (C=O) groups excluding carboxylic acids is 1. The molecule has 0 heterocycles. The maximum Gasteiger partial charge on any atom is 0.165 e. The van der Waals surface area contributed by atoms with Crippen LogP contribution in [0.5, 0.6) is 5.75 Å². The summed E-state index contributed by atoms with van der Waals surface area (Å²) in [6, 6.07) is 5.53. The van der Waals surface area contributed by atoms with Crippen molar-refractivity contribution in [3.8, 4) is 5.75 Å². The van der Waals surface area contributed by atoms with E-state index < -0.39 is 5.60 Å². The van der Waals surface area contributed by atoms with E-state index in [1.165, 1.54) is 11.1 Å². The van der Waals surface area contributed by atoms with Gasteiger partial charge in [-0.25, -0.2) is 0 Å². The molecule has 4 atom stereocenters. The average molecular weight is 300 g/mol. The highest BCUT2D eigenvalue weighted by Gasteiger charge is 2.53. The van der Waals surface area contributed by atoms with Gasteiger partial charge in [0, 0.05) is 6.42 Å². The van der Waals surface area contributed by atoms with E-state index in [0.717, 1.165) is 25.7 Å². The first-order valence-electron chi connectivity index (χ1n) is 8.56. The summed E-state index contributed by atoms with van der Waals surface area (Å²) in [7, 11) is 0. The molecule has 0 bridgehead atoms. The van der Waals surface area contributed by atoms with Gasteiger partial charge in [0.25, 0.3) is 0 Å². The number of rotatable bonds is 2. The topological polar surface area (TPSA) is 57.5 Å². The van der Waals surface area contributed by atoms with Crippen molar-refractivity contribution in [1.29, 1.82) is 0 Å². The summed E-state index contributed by atoms with van der Waals surface area (Å²) in [5.74, 6) is 1.59. The van der Waals surface area contributed by atoms with Gasteiger partial charge in [-0.1, -0.05) is 13.0 Å². The number of aromatic hydroxyl groups is 1. The summed E-state index contributed by atoms with van der Waals surface area (Å²) in [6.07, 6.45) is 5.34. The predicted octanol–water partition coefficient (Wildman–Crippen LogP) is 3.18. The Balaban J connectivity index is 1.64. The number of hydrogen-bond donors (Lipinski definition) is 2. The highest BCUT2D eigenvalue weighted by Crippen LogP contribution is 2.52. The molecule has 0 spiro atoms. The Hall–Kier alpha value is -1.35. The van der Waals surface area contributed by atoms with Crippen LogP contribution < -0.4 is 0 Å². The number of ketones is 1. The molecule has 1 unspecified atom stereocenters. The van der Waals surface area contributed by atoms with Gasteiger partial charge in [0.15, 0.2) is 5.78 Å². The minimum atomic E-state index is -1.10. The Kier molecular flexibility index (Phi) is 3.12. The van der Waals surface area contributed by atoms with E-state index in [1.54, 1.807) is 6.07 Å². The molecule has 2 fully saturated rings. The van der Waals surface area contributed by atoms with Crippen molar-refractivity contribution in [2.45, 2.75) is 57.0 Å². The van der Waals surface area contributed by atoms with E-state index in [1.807, 2.05) is 12.1 Å². The minimum Gasteiger partial charge on any atom is -0.508 e. The summed E-state index contributed by atoms with van der Waals surface area (Å²) >= 11 is 0. The molecule has 3 heteroatoms. The van der Waals surface area contributed by atoms with E-state index in [4.69, 9.17) is 0 Å². The number of aliphatic hydroxyl groups is 1. The summed E-state index contributed by atoms with van der Waals surface area (Å²) in [5.41, 5.74) is 1.29. The first kappa shape index (κ1) is 14.3. The number of hydrogen-bond acceptors (Lipinski definition) is 3. The normalized spacial score (nSPS) is 35.6. The molecule has 3 aliphatic rings. The molecule has 2 saturated carbocycles. The second-order valence-corrected chi connectivity index (χ2v) is 7.67. The van der Waals surface area contributed by atoms with Gasteiger partial charge in [0.2, 0.25) is 0 Å². The van der Waals surface area contributed by atoms with Crippen molar-refractivity contribution in [1.82, 2.24) is 0 Å². The Morgan fingerprint density at radius 1 is 1.27 bits per heavy atom. The maximum atomic E-state index is 12.7. The summed E-state index contributed by atoms with van der Waals surface area (Å²) in [5, 5.41) is 20.7. The van der Waals surface area contributed by atoms with Crippen molar-refractivity contribution < 1.29 is 15.0 Å². The molecular formula is C19H24O3. The van der Waals surface area contributed by atoms with Crippen molar-refractivity contribution in [3.05, 3.63) is 29.3 Å². The first-order chi connectivity index (χ1) is 10.5. The van der Waals surface area contributed by atoms with Crippen molar-refractivity contribution >= 4 is 5.78 Å². The van der Waals surface area contributed by atoms with Gasteiger partial charge in [0.05, 0.1) is 0 Å². The van der Waals surface area contributed by atoms with Crippen LogP contribution >= 0.6 is 0 Å². The largest absolute Gasteiger partial charge is 0.508 e. The number of phenols is 1. The van der Waals surface area contributed by atoms with E-state index in [-0.39, 0.29) is 17.6 Å². The fourth-order valence-electron chi connectivity index (χ4n) is 4.80. The quantitative estimate of drug-likeness (QED) is 0.882. The SMILES string of the molecule is CC(C1CC1)[C@]1(O)C[C@H]2CCc3cc(O)ccc3[C@@H]2CC1=O. The second-order valence-electron chi connectivity index (χ2n) is 7.67. The van der Waals surface area contributed by atoms with Gasteiger partial charge in [-0.15, -0.1) is 0 Å². The number of Topliss-reactive ketones (excluding diaryl/α,β-unsaturated/α-hetero) is 1. The van der Waals surface area contributed by atoms with Crippen molar-refractivity contribution in [2.75, 3.05) is 0 Å². The third kappa shape index (κ3) is 2.10. The molecule has 118 valence electrons. The summed E-state index contributed by atoms with van der Waals surface area (Å²) < 4.78 is 0. The maximum absolute atomic E-state index is 12.7. The first-order valence-corrected chi connectivity index (χ1v) is 8.56. The predicted molar refractivity (Wildman–Crippen MR) is 83.7 cm³/mol. The Morgan fingerprint density at radius 3 is 2.77 bits per heavy atom. The monoisotopic (exact) mass is 300 g/mol. The van der Waals surface area contributed by atoms with Gasteiger partial charge < -0.3 is 10.2 Å². The van der Waals surface area contributed by atoms with E-state index in [2.05, 4.69) is 6.92 Å². The molecule has 22 heavy (non-hydrogen) atoms. The fraction of sp³-hybridized carbons (Fsp3) is 0.632. The van der Waals surface area contributed by atoms with E-state index >= 15 is 0 Å². The zero-order valence-electron chi connectivity index (χ0n) is 13.1. The standard InChI is InChI=1S/C19H24O3/c1-11(12-2-3-12)19(22)10-14-5-4-13-8-15(20)6-7-16(13)17(14)9-18(19)21/h6-8,11-12,14,17,20,22H,2-5,9-10H2,1H3/t11?,14-,17-,19-/m1/s1. The van der Waals surface area contributed by atoms with Crippen LogP contribution in [0, 0.1) is 17.8 Å². The second kappa shape index (κ2) is 4.82. The molecule has 0 aliphatic heterocycles. The number of carbonyl (C=O) groups is 1. The molecule has 1 aromatic rings. The Bertz CT molecular complexity index is 619. The lowest BCUT2D eigenvalue weighted by Crippen LogP contribution is -2.52. The van der Waals surface area contributed by atoms with Gasteiger partial charge in [-0.05, 0) is 79.0 Å². The van der Waals surface area contributed by atoms with Crippen LogP contribution in [0.15, 0.2) is 18.2 Å². The van der Waals surface area contributed by atoms with Crippen molar-refractivity contribution in [2.24, 2.45) is 17.8 Å². The zero-order valence-corrected chi connectivity index (χ0v) is 13.1. The van der Waals surface area contributed by atoms with Gasteiger partial charge in [-0.2, -0.15) is 0 Å². The Morgan fingerprint density at radius 2 is 2.05 bits per heavy atom.